The molecule has 0 atom stereocenters. The molecule has 2 heterocycles. The fourth-order valence-corrected chi connectivity index (χ4v) is 2.70. The van der Waals surface area contributed by atoms with E-state index in [0.717, 1.165) is 0 Å². The number of nitrogens with zero attached hydrogens (tertiary/aromatic N) is 2. The van der Waals surface area contributed by atoms with Crippen molar-refractivity contribution in [2.45, 2.75) is 13.0 Å². The molecular weight excluding hydrogens is 307 g/mol. The molecule has 3 rings (SSSR count). The monoisotopic (exact) mass is 318 g/mol. The van der Waals surface area contributed by atoms with E-state index in [1.165, 1.54) is 33.9 Å². The Bertz CT molecular complexity index is 888. The molecule has 1 aromatic carbocycles. The van der Waals surface area contributed by atoms with Gasteiger partial charge in [0, 0.05) is 17.6 Å². The molecule has 0 aliphatic carbocycles. The standard InChI is InChI=1S/C15H11FN2O3S/c16-12-4-2-1-3-10(12)7-14(20)21-9-11-8-13(19)18-5-6-22-15(18)17-11/h1-6,8H,7,9H2. The van der Waals surface area contributed by atoms with Gasteiger partial charge in [0.25, 0.3) is 5.56 Å². The summed E-state index contributed by atoms with van der Waals surface area (Å²) in [4.78, 5) is 28.3. The van der Waals surface area contributed by atoms with Crippen LogP contribution in [-0.4, -0.2) is 15.4 Å². The molecule has 0 fully saturated rings. The second-order valence-electron chi connectivity index (χ2n) is 4.57. The summed E-state index contributed by atoms with van der Waals surface area (Å²) in [5.41, 5.74) is 0.412. The zero-order chi connectivity index (χ0) is 15.5. The molecule has 0 N–H and O–H groups in total. The van der Waals surface area contributed by atoms with E-state index in [1.807, 2.05) is 0 Å². The molecule has 0 saturated carbocycles. The Hall–Kier alpha value is -2.54. The van der Waals surface area contributed by atoms with Crippen LogP contribution in [0, 0.1) is 5.82 Å². The van der Waals surface area contributed by atoms with E-state index < -0.39 is 11.8 Å². The minimum Gasteiger partial charge on any atom is -0.459 e. The third kappa shape index (κ3) is 3.04. The van der Waals surface area contributed by atoms with Crippen molar-refractivity contribution in [1.82, 2.24) is 9.38 Å². The Morgan fingerprint density at radius 3 is 3.00 bits per heavy atom. The predicted molar refractivity (Wildman–Crippen MR) is 79.2 cm³/mol. The van der Waals surface area contributed by atoms with Gasteiger partial charge in [-0.25, -0.2) is 9.37 Å². The SMILES string of the molecule is O=C(Cc1ccccc1F)OCc1cc(=O)n2ccsc2n1. The quantitative estimate of drug-likeness (QED) is 0.692. The molecule has 0 bridgehead atoms. The van der Waals surface area contributed by atoms with Gasteiger partial charge in [0.1, 0.15) is 12.4 Å². The number of benzene rings is 1. The van der Waals surface area contributed by atoms with Gasteiger partial charge in [-0.1, -0.05) is 18.2 Å². The van der Waals surface area contributed by atoms with Gasteiger partial charge in [0.05, 0.1) is 12.1 Å². The first-order valence-corrected chi connectivity index (χ1v) is 7.36. The zero-order valence-electron chi connectivity index (χ0n) is 11.4. The lowest BCUT2D eigenvalue weighted by Gasteiger charge is -2.05. The zero-order valence-corrected chi connectivity index (χ0v) is 12.2. The third-order valence-corrected chi connectivity index (χ3v) is 3.79. The summed E-state index contributed by atoms with van der Waals surface area (Å²) < 4.78 is 19.9. The highest BCUT2D eigenvalue weighted by Crippen LogP contribution is 2.10. The maximum Gasteiger partial charge on any atom is 0.310 e. The Morgan fingerprint density at radius 1 is 1.36 bits per heavy atom. The van der Waals surface area contributed by atoms with Crippen LogP contribution < -0.4 is 5.56 Å². The number of rotatable bonds is 4. The van der Waals surface area contributed by atoms with E-state index in [1.54, 1.807) is 23.7 Å². The molecule has 0 aliphatic heterocycles. The molecule has 5 nitrogen and oxygen atoms in total. The smallest absolute Gasteiger partial charge is 0.310 e. The number of aromatic nitrogens is 2. The molecule has 3 aromatic rings. The van der Waals surface area contributed by atoms with Crippen LogP contribution in [0.5, 0.6) is 0 Å². The molecule has 2 aromatic heterocycles. The second kappa shape index (κ2) is 6.07. The van der Waals surface area contributed by atoms with Gasteiger partial charge < -0.3 is 4.74 Å². The predicted octanol–water partition coefficient (Wildman–Crippen LogP) is 2.18. The first kappa shape index (κ1) is 14.4. The van der Waals surface area contributed by atoms with Crippen molar-refractivity contribution in [2.24, 2.45) is 0 Å². The first-order chi connectivity index (χ1) is 10.6. The van der Waals surface area contributed by atoms with Crippen LogP contribution in [0.4, 0.5) is 4.39 Å². The highest BCUT2D eigenvalue weighted by molar-refractivity contribution is 7.15. The van der Waals surface area contributed by atoms with Crippen molar-refractivity contribution in [1.29, 1.82) is 0 Å². The van der Waals surface area contributed by atoms with E-state index in [0.29, 0.717) is 10.7 Å². The van der Waals surface area contributed by atoms with E-state index >= 15 is 0 Å². The second-order valence-corrected chi connectivity index (χ2v) is 5.44. The summed E-state index contributed by atoms with van der Waals surface area (Å²) in [6, 6.07) is 7.33. The van der Waals surface area contributed by atoms with Gasteiger partial charge in [0.2, 0.25) is 0 Å². The molecule has 7 heteroatoms. The molecule has 0 amide bonds. The van der Waals surface area contributed by atoms with Gasteiger partial charge in [-0.05, 0) is 11.6 Å². The fourth-order valence-electron chi connectivity index (χ4n) is 1.96. The lowest BCUT2D eigenvalue weighted by molar-refractivity contribution is -0.144. The molecule has 0 spiro atoms. The van der Waals surface area contributed by atoms with Gasteiger partial charge in [-0.3, -0.25) is 14.0 Å². The van der Waals surface area contributed by atoms with Crippen LogP contribution in [-0.2, 0) is 22.6 Å². The Morgan fingerprint density at radius 2 is 2.18 bits per heavy atom. The summed E-state index contributed by atoms with van der Waals surface area (Å²) in [5, 5.41) is 1.75. The molecule has 112 valence electrons. The number of esters is 1. The summed E-state index contributed by atoms with van der Waals surface area (Å²) in [6.45, 7) is -0.114. The number of fused-ring (bicyclic) bond motifs is 1. The van der Waals surface area contributed by atoms with Gasteiger partial charge in [0.15, 0.2) is 4.96 Å². The lowest BCUT2D eigenvalue weighted by Crippen LogP contribution is -2.15. The number of ether oxygens (including phenoxy) is 1. The maximum atomic E-state index is 13.4. The van der Waals surface area contributed by atoms with E-state index in [2.05, 4.69) is 4.98 Å². The van der Waals surface area contributed by atoms with Crippen molar-refractivity contribution in [3.05, 3.63) is 69.3 Å². The van der Waals surface area contributed by atoms with Crippen LogP contribution in [0.3, 0.4) is 0 Å². The molecular formula is C15H11FN2O3S. The summed E-state index contributed by atoms with van der Waals surface area (Å²) in [7, 11) is 0. The van der Waals surface area contributed by atoms with E-state index in [4.69, 9.17) is 4.74 Å². The normalized spacial score (nSPS) is 10.8. The number of hydrogen-bond donors (Lipinski definition) is 0. The third-order valence-electron chi connectivity index (χ3n) is 3.03. The highest BCUT2D eigenvalue weighted by Gasteiger charge is 2.10. The van der Waals surface area contributed by atoms with Crippen molar-refractivity contribution in [3.63, 3.8) is 0 Å². The van der Waals surface area contributed by atoms with E-state index in [-0.39, 0.29) is 24.2 Å². The van der Waals surface area contributed by atoms with Crippen molar-refractivity contribution < 1.29 is 13.9 Å². The summed E-state index contributed by atoms with van der Waals surface area (Å²) >= 11 is 1.32. The molecule has 22 heavy (non-hydrogen) atoms. The number of hydrogen-bond acceptors (Lipinski definition) is 5. The van der Waals surface area contributed by atoms with Crippen LogP contribution in [0.15, 0.2) is 46.7 Å². The van der Waals surface area contributed by atoms with Crippen LogP contribution in [0.1, 0.15) is 11.3 Å². The van der Waals surface area contributed by atoms with Crippen molar-refractivity contribution >= 4 is 22.3 Å². The summed E-state index contributed by atoms with van der Waals surface area (Å²) in [6.07, 6.45) is 1.47. The molecule has 0 aliphatic rings. The highest BCUT2D eigenvalue weighted by atomic mass is 32.1. The Kier molecular flexibility index (Phi) is 3.97. The van der Waals surface area contributed by atoms with Gasteiger partial charge in [-0.2, -0.15) is 0 Å². The number of carbonyl (C=O) groups excluding carboxylic acids is 1. The van der Waals surface area contributed by atoms with Crippen LogP contribution >= 0.6 is 11.3 Å². The first-order valence-electron chi connectivity index (χ1n) is 6.48. The van der Waals surface area contributed by atoms with Crippen LogP contribution in [0.2, 0.25) is 0 Å². The maximum absolute atomic E-state index is 13.4. The average Bonchev–Trinajstić information content (AvgIpc) is 2.97. The molecule has 0 unspecified atom stereocenters. The fraction of sp³-hybridized carbons (Fsp3) is 0.133. The minimum atomic E-state index is -0.571. The van der Waals surface area contributed by atoms with Crippen molar-refractivity contribution in [3.8, 4) is 0 Å². The Balaban J connectivity index is 1.67. The lowest BCUT2D eigenvalue weighted by atomic mass is 10.1. The average molecular weight is 318 g/mol. The minimum absolute atomic E-state index is 0.114. The Labute approximate surface area is 128 Å². The summed E-state index contributed by atoms with van der Waals surface area (Å²) in [5.74, 6) is -1.02. The largest absolute Gasteiger partial charge is 0.459 e. The van der Waals surface area contributed by atoms with E-state index in [9.17, 15) is 14.0 Å². The van der Waals surface area contributed by atoms with Gasteiger partial charge >= 0.3 is 5.97 Å². The van der Waals surface area contributed by atoms with Crippen LogP contribution in [0.25, 0.3) is 4.96 Å². The van der Waals surface area contributed by atoms with Gasteiger partial charge in [-0.15, -0.1) is 11.3 Å². The number of thiazole rings is 1. The molecule has 0 radical (unpaired) electrons. The topological polar surface area (TPSA) is 60.7 Å². The van der Waals surface area contributed by atoms with Crippen molar-refractivity contribution in [2.75, 3.05) is 0 Å². The number of halogens is 1. The number of carbonyl (C=O) groups is 1. The molecule has 0 saturated heterocycles.